The van der Waals surface area contributed by atoms with Crippen LogP contribution in [0.15, 0.2) is 36.7 Å². The minimum atomic E-state index is -0.577. The van der Waals surface area contributed by atoms with E-state index in [1.807, 2.05) is 11.1 Å². The van der Waals surface area contributed by atoms with Gasteiger partial charge in [0.25, 0.3) is 0 Å². The molecule has 41 heavy (non-hydrogen) atoms. The maximum atomic E-state index is 14.5. The summed E-state index contributed by atoms with van der Waals surface area (Å²) >= 11 is 6.26. The van der Waals surface area contributed by atoms with Crippen LogP contribution in [0.3, 0.4) is 0 Å². The summed E-state index contributed by atoms with van der Waals surface area (Å²) in [4.78, 5) is 44.0. The van der Waals surface area contributed by atoms with Gasteiger partial charge in [-0.25, -0.2) is 14.4 Å². The number of hydrogen-bond donors (Lipinski definition) is 3. The molecule has 0 radical (unpaired) electrons. The molecule has 2 aromatic heterocycles. The summed E-state index contributed by atoms with van der Waals surface area (Å²) in [7, 11) is 1.75. The molecule has 4 heterocycles. The monoisotopic (exact) mass is 581 g/mol. The Bertz CT molecular complexity index is 1430. The molecule has 3 N–H and O–H groups in total. The highest BCUT2D eigenvalue weighted by atomic mass is 35.5. The quantitative estimate of drug-likeness (QED) is 0.364. The third-order valence-corrected chi connectivity index (χ3v) is 9.57. The Morgan fingerprint density at radius 2 is 1.98 bits per heavy atom. The van der Waals surface area contributed by atoms with Gasteiger partial charge in [-0.05, 0) is 69.0 Å². The Kier molecular flexibility index (Phi) is 7.87. The van der Waals surface area contributed by atoms with Gasteiger partial charge in [0.2, 0.25) is 17.8 Å². The molecular weight excluding hydrogens is 545 g/mol. The number of carbonyl (C=O) groups excluding carboxylic acids is 2. The molecule has 2 saturated heterocycles. The fourth-order valence-electron chi connectivity index (χ4n) is 7.18. The zero-order valence-corrected chi connectivity index (χ0v) is 24.2. The number of fused-ring (bicyclic) bond motifs is 2. The maximum absolute atomic E-state index is 14.5. The molecule has 1 aliphatic carbocycles. The van der Waals surface area contributed by atoms with Gasteiger partial charge in [0.05, 0.1) is 18.1 Å². The summed E-state index contributed by atoms with van der Waals surface area (Å²) in [6.07, 6.45) is 9.46. The van der Waals surface area contributed by atoms with Crippen molar-refractivity contribution in [3.63, 3.8) is 0 Å². The van der Waals surface area contributed by atoms with E-state index in [1.165, 1.54) is 12.1 Å². The first-order chi connectivity index (χ1) is 19.9. The van der Waals surface area contributed by atoms with Crippen molar-refractivity contribution in [1.29, 1.82) is 0 Å². The normalized spacial score (nSPS) is 24.4. The van der Waals surface area contributed by atoms with Crippen LogP contribution in [-0.4, -0.2) is 76.0 Å². The van der Waals surface area contributed by atoms with Crippen molar-refractivity contribution in [2.24, 2.45) is 5.92 Å². The van der Waals surface area contributed by atoms with E-state index in [4.69, 9.17) is 11.6 Å². The number of rotatable bonds is 7. The third kappa shape index (κ3) is 5.28. The molecule has 0 bridgehead atoms. The topological polar surface area (TPSA) is 106 Å². The van der Waals surface area contributed by atoms with E-state index < -0.39 is 12.1 Å². The molecule has 3 aromatic rings. The molecule has 1 saturated carbocycles. The summed E-state index contributed by atoms with van der Waals surface area (Å²) in [5.74, 6) is 0.0752. The fraction of sp³-hybridized carbons (Fsp3) is 0.533. The molecule has 0 spiro atoms. The number of benzene rings is 1. The number of H-pyrrole nitrogens is 1. The van der Waals surface area contributed by atoms with Gasteiger partial charge in [0.15, 0.2) is 0 Å². The van der Waals surface area contributed by atoms with Gasteiger partial charge >= 0.3 is 0 Å². The van der Waals surface area contributed by atoms with Crippen LogP contribution in [0.2, 0.25) is 5.15 Å². The van der Waals surface area contributed by atoms with Crippen LogP contribution in [0, 0.1) is 11.7 Å². The van der Waals surface area contributed by atoms with Crippen LogP contribution in [0.5, 0.6) is 0 Å². The summed E-state index contributed by atoms with van der Waals surface area (Å²) in [6.45, 7) is 2.96. The number of likely N-dealkylation sites (tertiary alicyclic amines) is 1. The largest absolute Gasteiger partial charge is 0.361 e. The molecule has 3 aliphatic rings. The van der Waals surface area contributed by atoms with E-state index in [2.05, 4.69) is 30.5 Å². The number of nitrogens with zero attached hydrogens (tertiary/aromatic N) is 4. The average Bonchev–Trinajstić information content (AvgIpc) is 3.69. The Morgan fingerprint density at radius 1 is 1.17 bits per heavy atom. The van der Waals surface area contributed by atoms with Gasteiger partial charge in [-0.1, -0.05) is 30.9 Å². The first-order valence-electron chi connectivity index (χ1n) is 14.7. The van der Waals surface area contributed by atoms with E-state index in [-0.39, 0.29) is 41.6 Å². The smallest absolute Gasteiger partial charge is 0.245 e. The predicted octanol–water partition coefficient (Wildman–Crippen LogP) is 4.00. The predicted molar refractivity (Wildman–Crippen MR) is 156 cm³/mol. The molecule has 6 rings (SSSR count). The van der Waals surface area contributed by atoms with E-state index in [0.29, 0.717) is 24.2 Å². The molecular formula is C30H37ClFN7O2. The number of aromatic nitrogens is 3. The highest BCUT2D eigenvalue weighted by Crippen LogP contribution is 2.45. The van der Waals surface area contributed by atoms with E-state index >= 15 is 0 Å². The van der Waals surface area contributed by atoms with Crippen LogP contribution in [0.4, 0.5) is 10.3 Å². The molecule has 218 valence electrons. The third-order valence-electron chi connectivity index (χ3n) is 9.36. The number of aromatic amines is 1. The van der Waals surface area contributed by atoms with Gasteiger partial charge < -0.3 is 25.4 Å². The average molecular weight is 582 g/mol. The second-order valence-electron chi connectivity index (χ2n) is 11.6. The molecule has 2 aliphatic heterocycles. The second kappa shape index (κ2) is 11.6. The van der Waals surface area contributed by atoms with Gasteiger partial charge in [-0.3, -0.25) is 9.59 Å². The van der Waals surface area contributed by atoms with Gasteiger partial charge in [0, 0.05) is 42.3 Å². The first-order valence-corrected chi connectivity index (χ1v) is 15.0. The lowest BCUT2D eigenvalue weighted by Crippen LogP contribution is -2.57. The van der Waals surface area contributed by atoms with Crippen LogP contribution < -0.4 is 15.5 Å². The summed E-state index contributed by atoms with van der Waals surface area (Å²) in [5, 5.41) is 7.43. The van der Waals surface area contributed by atoms with Crippen molar-refractivity contribution in [1.82, 2.24) is 30.5 Å². The zero-order chi connectivity index (χ0) is 28.7. The van der Waals surface area contributed by atoms with Crippen molar-refractivity contribution in [2.45, 2.75) is 75.5 Å². The lowest BCUT2D eigenvalue weighted by molar-refractivity contribution is -0.139. The number of hydrogen-bond acceptors (Lipinski definition) is 6. The minimum absolute atomic E-state index is 0.0215. The minimum Gasteiger partial charge on any atom is -0.361 e. The van der Waals surface area contributed by atoms with Gasteiger partial charge in [-0.2, -0.15) is 0 Å². The molecule has 5 unspecified atom stereocenters. The molecule has 11 heteroatoms. The number of likely N-dealkylation sites (N-methyl/N-ethyl adjacent to an activating group) is 1. The molecule has 2 amide bonds. The molecule has 5 atom stereocenters. The van der Waals surface area contributed by atoms with Gasteiger partial charge in [-0.15, -0.1) is 0 Å². The van der Waals surface area contributed by atoms with Crippen molar-refractivity contribution in [3.8, 4) is 0 Å². The van der Waals surface area contributed by atoms with Crippen molar-refractivity contribution in [3.05, 3.63) is 53.2 Å². The highest BCUT2D eigenvalue weighted by molar-refractivity contribution is 6.29. The molecule has 3 fully saturated rings. The Labute approximate surface area is 244 Å². The SMILES string of the molecule is CNC(C)C(=O)NC(C(=O)N1CCC2C1C(c1c[nH]c3cc(F)ccc13)CN2c1nccc(Cl)n1)C1CCCCC1. The lowest BCUT2D eigenvalue weighted by atomic mass is 9.82. The summed E-state index contributed by atoms with van der Waals surface area (Å²) < 4.78 is 14.0. The Balaban J connectivity index is 1.37. The van der Waals surface area contributed by atoms with E-state index in [0.717, 1.165) is 55.0 Å². The first kappa shape index (κ1) is 27.9. The number of carbonyl (C=O) groups is 2. The van der Waals surface area contributed by atoms with Crippen LogP contribution in [-0.2, 0) is 9.59 Å². The number of halogens is 2. The standard InChI is InChI=1S/C30H37ClFN7O2/c1-17(33-2)28(40)37-26(18-6-4-3-5-7-18)29(41)38-13-11-24-27(38)22(16-39(24)30-34-12-10-25(31)36-30)21-15-35-23-14-19(32)8-9-20(21)23/h8-10,12,14-15,17-18,22,24,26-27,33,35H,3-7,11,13,16H2,1-2H3,(H,37,40). The van der Waals surface area contributed by atoms with Crippen LogP contribution in [0.25, 0.3) is 10.9 Å². The fourth-order valence-corrected chi connectivity index (χ4v) is 7.31. The summed E-state index contributed by atoms with van der Waals surface area (Å²) in [5.41, 5.74) is 1.75. The van der Waals surface area contributed by atoms with Crippen molar-refractivity contribution < 1.29 is 14.0 Å². The second-order valence-corrected chi connectivity index (χ2v) is 12.0. The number of amides is 2. The van der Waals surface area contributed by atoms with Crippen LogP contribution >= 0.6 is 11.6 Å². The highest BCUT2D eigenvalue weighted by Gasteiger charge is 2.53. The van der Waals surface area contributed by atoms with Crippen molar-refractivity contribution >= 4 is 40.3 Å². The Morgan fingerprint density at radius 3 is 2.73 bits per heavy atom. The zero-order valence-electron chi connectivity index (χ0n) is 23.4. The van der Waals surface area contributed by atoms with E-state index in [1.54, 1.807) is 32.3 Å². The number of anilines is 1. The lowest BCUT2D eigenvalue weighted by Gasteiger charge is -2.36. The maximum Gasteiger partial charge on any atom is 0.245 e. The molecule has 1 aromatic carbocycles. The number of nitrogens with one attached hydrogen (secondary N) is 3. The van der Waals surface area contributed by atoms with Gasteiger partial charge in [0.1, 0.15) is 17.0 Å². The Hall–Kier alpha value is -3.24. The van der Waals surface area contributed by atoms with Crippen LogP contribution in [0.1, 0.15) is 56.9 Å². The molecule has 9 nitrogen and oxygen atoms in total. The summed E-state index contributed by atoms with van der Waals surface area (Å²) in [6, 6.07) is 5.25. The van der Waals surface area contributed by atoms with E-state index in [9.17, 15) is 14.0 Å². The van der Waals surface area contributed by atoms with Crippen molar-refractivity contribution in [2.75, 3.05) is 25.0 Å².